The number of nitro benzene ring substituents is 1. The van der Waals surface area contributed by atoms with Gasteiger partial charge in [-0.1, -0.05) is 66.2 Å². The molecule has 0 aliphatic carbocycles. The van der Waals surface area contributed by atoms with E-state index in [9.17, 15) is 14.9 Å². The quantitative estimate of drug-likeness (QED) is 0.240. The van der Waals surface area contributed by atoms with Gasteiger partial charge in [0.2, 0.25) is 0 Å². The third kappa shape index (κ3) is 5.35. The Labute approximate surface area is 225 Å². The first kappa shape index (κ1) is 25.4. The molecule has 0 unspecified atom stereocenters. The van der Waals surface area contributed by atoms with Crippen LogP contribution in [0.3, 0.4) is 0 Å². The number of amides is 1. The van der Waals surface area contributed by atoms with Crippen molar-refractivity contribution in [3.63, 3.8) is 0 Å². The minimum atomic E-state index is -0.401. The zero-order valence-corrected chi connectivity index (χ0v) is 21.6. The second kappa shape index (κ2) is 11.0. The van der Waals surface area contributed by atoms with Crippen molar-refractivity contribution < 1.29 is 9.72 Å². The van der Waals surface area contributed by atoms with Crippen molar-refractivity contribution in [2.24, 2.45) is 0 Å². The second-order valence-corrected chi connectivity index (χ2v) is 9.57. The van der Waals surface area contributed by atoms with E-state index in [0.717, 1.165) is 28.2 Å². The summed E-state index contributed by atoms with van der Waals surface area (Å²) in [7, 11) is 0. The van der Waals surface area contributed by atoms with Crippen molar-refractivity contribution in [2.75, 3.05) is 31.1 Å². The van der Waals surface area contributed by atoms with Crippen molar-refractivity contribution >= 4 is 29.0 Å². The molecule has 0 atom stereocenters. The van der Waals surface area contributed by atoms with Gasteiger partial charge < -0.3 is 9.80 Å². The lowest BCUT2D eigenvalue weighted by molar-refractivity contribution is -0.384. The van der Waals surface area contributed by atoms with Gasteiger partial charge in [-0.3, -0.25) is 14.9 Å². The van der Waals surface area contributed by atoms with E-state index in [4.69, 9.17) is 21.6 Å². The van der Waals surface area contributed by atoms with Gasteiger partial charge in [0.15, 0.2) is 5.82 Å². The summed E-state index contributed by atoms with van der Waals surface area (Å²) in [5, 5.41) is 11.5. The van der Waals surface area contributed by atoms with Gasteiger partial charge in [-0.25, -0.2) is 9.97 Å². The molecule has 0 bridgehead atoms. The smallest absolute Gasteiger partial charge is 0.269 e. The molecule has 2 heterocycles. The number of benzene rings is 3. The van der Waals surface area contributed by atoms with E-state index in [-0.39, 0.29) is 11.6 Å². The minimum Gasteiger partial charge on any atom is -0.353 e. The number of rotatable bonds is 6. The van der Waals surface area contributed by atoms with Crippen LogP contribution in [-0.4, -0.2) is 51.9 Å². The van der Waals surface area contributed by atoms with Crippen LogP contribution in [0.5, 0.6) is 0 Å². The fraction of sp³-hybridized carbons (Fsp3) is 0.207. The minimum absolute atomic E-state index is 0.0562. The Morgan fingerprint density at radius 2 is 1.58 bits per heavy atom. The number of aromatic nitrogens is 2. The van der Waals surface area contributed by atoms with Crippen LogP contribution in [0.1, 0.15) is 27.2 Å². The summed E-state index contributed by atoms with van der Waals surface area (Å²) in [5.74, 6) is 1.38. The van der Waals surface area contributed by atoms with Crippen molar-refractivity contribution in [1.82, 2.24) is 14.9 Å². The number of carbonyl (C=O) groups is 1. The Hall–Kier alpha value is -4.30. The molecular formula is C29H26ClN5O3. The predicted octanol–water partition coefficient (Wildman–Crippen LogP) is 5.57. The largest absolute Gasteiger partial charge is 0.353 e. The Bertz CT molecular complexity index is 1470. The van der Waals surface area contributed by atoms with Crippen molar-refractivity contribution in [1.29, 1.82) is 0 Å². The van der Waals surface area contributed by atoms with Crippen LogP contribution >= 0.6 is 11.6 Å². The first-order valence-electron chi connectivity index (χ1n) is 12.4. The number of piperazine rings is 1. The van der Waals surface area contributed by atoms with Crippen molar-refractivity contribution in [3.8, 4) is 11.4 Å². The van der Waals surface area contributed by atoms with E-state index in [1.54, 1.807) is 24.3 Å². The lowest BCUT2D eigenvalue weighted by Crippen LogP contribution is -2.49. The summed E-state index contributed by atoms with van der Waals surface area (Å²) < 4.78 is 0. The highest BCUT2D eigenvalue weighted by Crippen LogP contribution is 2.29. The Kier molecular flexibility index (Phi) is 7.33. The molecule has 1 amide bonds. The lowest BCUT2D eigenvalue weighted by atomic mass is 10.0. The molecule has 1 aliphatic heterocycles. The molecule has 1 fully saturated rings. The first-order chi connectivity index (χ1) is 18.4. The zero-order chi connectivity index (χ0) is 26.6. The Morgan fingerprint density at radius 3 is 2.24 bits per heavy atom. The highest BCUT2D eigenvalue weighted by Gasteiger charge is 2.27. The highest BCUT2D eigenvalue weighted by atomic mass is 35.5. The van der Waals surface area contributed by atoms with E-state index < -0.39 is 4.92 Å². The van der Waals surface area contributed by atoms with Crippen LogP contribution in [0.4, 0.5) is 11.5 Å². The van der Waals surface area contributed by atoms with Crippen LogP contribution in [-0.2, 0) is 6.42 Å². The van der Waals surface area contributed by atoms with Gasteiger partial charge in [-0.2, -0.15) is 0 Å². The lowest BCUT2D eigenvalue weighted by Gasteiger charge is -2.36. The molecule has 3 aromatic carbocycles. The molecule has 1 saturated heterocycles. The zero-order valence-electron chi connectivity index (χ0n) is 20.9. The molecule has 1 aliphatic rings. The van der Waals surface area contributed by atoms with Crippen molar-refractivity contribution in [3.05, 3.63) is 116 Å². The summed E-state index contributed by atoms with van der Waals surface area (Å²) in [6, 6.07) is 23.5. The molecular weight excluding hydrogens is 502 g/mol. The van der Waals surface area contributed by atoms with Crippen LogP contribution in [0.15, 0.2) is 78.9 Å². The monoisotopic (exact) mass is 527 g/mol. The molecule has 1 aromatic heterocycles. The van der Waals surface area contributed by atoms with Crippen LogP contribution in [0, 0.1) is 17.0 Å². The predicted molar refractivity (Wildman–Crippen MR) is 148 cm³/mol. The molecule has 8 nitrogen and oxygen atoms in total. The summed E-state index contributed by atoms with van der Waals surface area (Å²) in [5.41, 5.74) is 4.23. The maximum absolute atomic E-state index is 13.1. The van der Waals surface area contributed by atoms with Gasteiger partial charge >= 0.3 is 0 Å². The maximum Gasteiger partial charge on any atom is 0.269 e. The average molecular weight is 528 g/mol. The number of nitrogens with zero attached hydrogens (tertiary/aromatic N) is 5. The molecule has 0 saturated carbocycles. The van der Waals surface area contributed by atoms with Gasteiger partial charge in [-0.15, -0.1) is 0 Å². The van der Waals surface area contributed by atoms with Crippen LogP contribution in [0.2, 0.25) is 5.02 Å². The van der Waals surface area contributed by atoms with Crippen molar-refractivity contribution in [2.45, 2.75) is 13.3 Å². The fourth-order valence-electron chi connectivity index (χ4n) is 4.63. The van der Waals surface area contributed by atoms with Gasteiger partial charge in [0.05, 0.1) is 15.5 Å². The van der Waals surface area contributed by atoms with Crippen LogP contribution in [0.25, 0.3) is 11.4 Å². The molecule has 38 heavy (non-hydrogen) atoms. The molecule has 0 spiro atoms. The number of nitro groups is 1. The molecule has 0 radical (unpaired) electrons. The number of non-ortho nitro benzene ring substituents is 1. The second-order valence-electron chi connectivity index (χ2n) is 9.16. The summed E-state index contributed by atoms with van der Waals surface area (Å²) >= 11 is 6.27. The number of anilines is 1. The number of hydrogen-bond acceptors (Lipinski definition) is 6. The topological polar surface area (TPSA) is 92.5 Å². The first-order valence-corrected chi connectivity index (χ1v) is 12.7. The summed E-state index contributed by atoms with van der Waals surface area (Å²) in [6.45, 7) is 4.24. The normalized spacial score (nSPS) is 13.4. The maximum atomic E-state index is 13.1. The Balaban J connectivity index is 1.44. The van der Waals surface area contributed by atoms with E-state index in [1.165, 1.54) is 12.1 Å². The van der Waals surface area contributed by atoms with E-state index in [0.29, 0.717) is 49.0 Å². The van der Waals surface area contributed by atoms with Crippen LogP contribution < -0.4 is 4.90 Å². The third-order valence-electron chi connectivity index (χ3n) is 6.72. The standard InChI is InChI=1S/C29H26ClN5O3/c1-20-25(19-21-11-13-23(14-12-21)35(37)38)28(32-27(31-20)22-7-3-2-4-8-22)33-15-17-34(18-16-33)29(36)24-9-5-6-10-26(24)30/h2-14H,15-19H2,1H3. The third-order valence-corrected chi connectivity index (χ3v) is 7.05. The van der Waals surface area contributed by atoms with E-state index in [1.807, 2.05) is 54.3 Å². The van der Waals surface area contributed by atoms with Gasteiger partial charge in [-0.05, 0) is 24.6 Å². The molecule has 9 heteroatoms. The Morgan fingerprint density at radius 1 is 0.921 bits per heavy atom. The molecule has 5 rings (SSSR count). The van der Waals surface area contributed by atoms with E-state index >= 15 is 0 Å². The number of aryl methyl sites for hydroxylation is 1. The average Bonchev–Trinajstić information content (AvgIpc) is 2.95. The van der Waals surface area contributed by atoms with Gasteiger partial charge in [0.25, 0.3) is 11.6 Å². The SMILES string of the molecule is Cc1nc(-c2ccccc2)nc(N2CCN(C(=O)c3ccccc3Cl)CC2)c1Cc1ccc([N+](=O)[O-])cc1. The number of hydrogen-bond donors (Lipinski definition) is 0. The summed E-state index contributed by atoms with van der Waals surface area (Å²) in [6.07, 6.45) is 0.535. The number of halogens is 1. The highest BCUT2D eigenvalue weighted by molar-refractivity contribution is 6.33. The molecule has 192 valence electrons. The van der Waals surface area contributed by atoms with Gasteiger partial charge in [0, 0.05) is 61.6 Å². The molecule has 0 N–H and O–H groups in total. The number of carbonyl (C=O) groups excluding carboxylic acids is 1. The molecule has 4 aromatic rings. The van der Waals surface area contributed by atoms with E-state index in [2.05, 4.69) is 4.90 Å². The fourth-order valence-corrected chi connectivity index (χ4v) is 4.85. The summed E-state index contributed by atoms with van der Waals surface area (Å²) in [4.78, 5) is 37.6. The van der Waals surface area contributed by atoms with Gasteiger partial charge in [0.1, 0.15) is 5.82 Å².